The number of hydrogen-bond donors (Lipinski definition) is 0. The average Bonchev–Trinajstić information content (AvgIpc) is 2.30. The van der Waals surface area contributed by atoms with E-state index in [0.717, 1.165) is 12.0 Å². The molecule has 0 atom stereocenters. The standard InChI is InChI=1S/C14H21NO2/c1-11(2)9-12-5-7-13(8-6-12)10-14(16)15(3)17-4/h5-8,11H,9-10H2,1-4H3. The van der Waals surface area contributed by atoms with Crippen molar-refractivity contribution in [3.05, 3.63) is 35.4 Å². The second-order valence-corrected chi connectivity index (χ2v) is 4.67. The molecule has 0 aromatic heterocycles. The maximum atomic E-state index is 11.6. The Labute approximate surface area is 103 Å². The highest BCUT2D eigenvalue weighted by atomic mass is 16.7. The van der Waals surface area contributed by atoms with Gasteiger partial charge in [-0.2, -0.15) is 0 Å². The van der Waals surface area contributed by atoms with Gasteiger partial charge in [-0.25, -0.2) is 5.06 Å². The molecule has 1 amide bonds. The summed E-state index contributed by atoms with van der Waals surface area (Å²) in [6.45, 7) is 4.40. The molecule has 1 aromatic carbocycles. The van der Waals surface area contributed by atoms with E-state index in [2.05, 4.69) is 26.0 Å². The summed E-state index contributed by atoms with van der Waals surface area (Å²) in [5.74, 6) is 0.617. The van der Waals surface area contributed by atoms with Crippen molar-refractivity contribution in [3.63, 3.8) is 0 Å². The summed E-state index contributed by atoms with van der Waals surface area (Å²) in [5, 5.41) is 1.25. The van der Waals surface area contributed by atoms with Gasteiger partial charge in [0.2, 0.25) is 5.91 Å². The van der Waals surface area contributed by atoms with Crippen LogP contribution in [0.5, 0.6) is 0 Å². The lowest BCUT2D eigenvalue weighted by Crippen LogP contribution is -2.26. The number of likely N-dealkylation sites (N-methyl/N-ethyl adjacent to an activating group) is 1. The van der Waals surface area contributed by atoms with Gasteiger partial charge in [-0.3, -0.25) is 9.63 Å². The van der Waals surface area contributed by atoms with Crippen LogP contribution >= 0.6 is 0 Å². The Morgan fingerprint density at radius 2 is 1.76 bits per heavy atom. The molecule has 0 saturated carbocycles. The van der Waals surface area contributed by atoms with E-state index in [9.17, 15) is 4.79 Å². The topological polar surface area (TPSA) is 29.5 Å². The quantitative estimate of drug-likeness (QED) is 0.734. The fourth-order valence-corrected chi connectivity index (χ4v) is 1.65. The van der Waals surface area contributed by atoms with Gasteiger partial charge >= 0.3 is 0 Å². The Hall–Kier alpha value is -1.35. The maximum Gasteiger partial charge on any atom is 0.250 e. The van der Waals surface area contributed by atoms with Crippen LogP contribution in [0.1, 0.15) is 25.0 Å². The molecular weight excluding hydrogens is 214 g/mol. The monoisotopic (exact) mass is 235 g/mol. The number of amides is 1. The molecule has 0 aliphatic rings. The van der Waals surface area contributed by atoms with Gasteiger partial charge in [-0.15, -0.1) is 0 Å². The number of hydrogen-bond acceptors (Lipinski definition) is 2. The van der Waals surface area contributed by atoms with E-state index in [1.807, 2.05) is 12.1 Å². The molecule has 0 fully saturated rings. The van der Waals surface area contributed by atoms with Crippen molar-refractivity contribution in [2.45, 2.75) is 26.7 Å². The minimum Gasteiger partial charge on any atom is -0.275 e. The molecule has 0 saturated heterocycles. The molecule has 0 aliphatic carbocycles. The molecule has 17 heavy (non-hydrogen) atoms. The summed E-state index contributed by atoms with van der Waals surface area (Å²) in [7, 11) is 3.11. The Bertz CT molecular complexity index is 357. The van der Waals surface area contributed by atoms with Gasteiger partial charge in [0.25, 0.3) is 0 Å². The molecule has 0 unspecified atom stereocenters. The van der Waals surface area contributed by atoms with Gasteiger partial charge in [0, 0.05) is 7.05 Å². The van der Waals surface area contributed by atoms with Gasteiger partial charge in [0.15, 0.2) is 0 Å². The SMILES string of the molecule is CON(C)C(=O)Cc1ccc(CC(C)C)cc1. The van der Waals surface area contributed by atoms with Crippen molar-refractivity contribution < 1.29 is 9.63 Å². The molecular formula is C14H21NO2. The van der Waals surface area contributed by atoms with E-state index in [-0.39, 0.29) is 5.91 Å². The average molecular weight is 235 g/mol. The molecule has 1 aromatic rings. The molecule has 94 valence electrons. The van der Waals surface area contributed by atoms with Gasteiger partial charge in [-0.1, -0.05) is 38.1 Å². The molecule has 0 N–H and O–H groups in total. The minimum atomic E-state index is -0.0379. The van der Waals surface area contributed by atoms with Gasteiger partial charge < -0.3 is 0 Å². The van der Waals surface area contributed by atoms with Crippen molar-refractivity contribution in [1.82, 2.24) is 5.06 Å². The smallest absolute Gasteiger partial charge is 0.250 e. The first-order chi connectivity index (χ1) is 8.02. The predicted octanol–water partition coefficient (Wildman–Crippen LogP) is 2.45. The van der Waals surface area contributed by atoms with Gasteiger partial charge in [-0.05, 0) is 23.5 Å². The number of carbonyl (C=O) groups is 1. The number of carbonyl (C=O) groups excluding carboxylic acids is 1. The zero-order valence-electron chi connectivity index (χ0n) is 11.1. The number of nitrogens with zero attached hydrogens (tertiary/aromatic N) is 1. The first-order valence-corrected chi connectivity index (χ1v) is 5.91. The van der Waals surface area contributed by atoms with Crippen LogP contribution in [0.25, 0.3) is 0 Å². The fraction of sp³-hybridized carbons (Fsp3) is 0.500. The lowest BCUT2D eigenvalue weighted by Gasteiger charge is -2.13. The highest BCUT2D eigenvalue weighted by Crippen LogP contribution is 2.10. The van der Waals surface area contributed by atoms with E-state index in [0.29, 0.717) is 12.3 Å². The fourth-order valence-electron chi connectivity index (χ4n) is 1.65. The summed E-state index contributed by atoms with van der Waals surface area (Å²) in [4.78, 5) is 16.5. The predicted molar refractivity (Wildman–Crippen MR) is 68.5 cm³/mol. The van der Waals surface area contributed by atoms with Crippen LogP contribution < -0.4 is 0 Å². The molecule has 0 aliphatic heterocycles. The van der Waals surface area contributed by atoms with Gasteiger partial charge in [0.1, 0.15) is 0 Å². The molecule has 0 spiro atoms. The van der Waals surface area contributed by atoms with E-state index < -0.39 is 0 Å². The zero-order chi connectivity index (χ0) is 12.8. The molecule has 3 nitrogen and oxygen atoms in total. The third-order valence-electron chi connectivity index (χ3n) is 2.65. The maximum absolute atomic E-state index is 11.6. The largest absolute Gasteiger partial charge is 0.275 e. The third-order valence-corrected chi connectivity index (χ3v) is 2.65. The van der Waals surface area contributed by atoms with Gasteiger partial charge in [0.05, 0.1) is 13.5 Å². The van der Waals surface area contributed by atoms with Crippen molar-refractivity contribution >= 4 is 5.91 Å². The Morgan fingerprint density at radius 1 is 1.24 bits per heavy atom. The van der Waals surface area contributed by atoms with E-state index in [1.54, 1.807) is 7.05 Å². The molecule has 0 radical (unpaired) electrons. The second-order valence-electron chi connectivity index (χ2n) is 4.67. The summed E-state index contributed by atoms with van der Waals surface area (Å²) < 4.78 is 0. The van der Waals surface area contributed by atoms with Crippen LogP contribution in [0, 0.1) is 5.92 Å². The Morgan fingerprint density at radius 3 is 2.24 bits per heavy atom. The summed E-state index contributed by atoms with van der Waals surface area (Å²) in [5.41, 5.74) is 2.34. The van der Waals surface area contributed by atoms with Crippen LogP contribution in [0.3, 0.4) is 0 Å². The van der Waals surface area contributed by atoms with Crippen molar-refractivity contribution in [1.29, 1.82) is 0 Å². The first kappa shape index (κ1) is 13.7. The van der Waals surface area contributed by atoms with Crippen LogP contribution in [-0.4, -0.2) is 25.1 Å². The minimum absolute atomic E-state index is 0.0379. The first-order valence-electron chi connectivity index (χ1n) is 5.91. The van der Waals surface area contributed by atoms with E-state index in [1.165, 1.54) is 17.7 Å². The molecule has 0 bridgehead atoms. The molecule has 3 heteroatoms. The van der Waals surface area contributed by atoms with Crippen LogP contribution in [0.4, 0.5) is 0 Å². The summed E-state index contributed by atoms with van der Waals surface area (Å²) >= 11 is 0. The third kappa shape index (κ3) is 4.57. The lowest BCUT2D eigenvalue weighted by atomic mass is 10.0. The van der Waals surface area contributed by atoms with Crippen molar-refractivity contribution in [2.75, 3.05) is 14.2 Å². The van der Waals surface area contributed by atoms with E-state index >= 15 is 0 Å². The highest BCUT2D eigenvalue weighted by molar-refractivity contribution is 5.77. The molecule has 0 heterocycles. The van der Waals surface area contributed by atoms with Crippen LogP contribution in [-0.2, 0) is 22.5 Å². The Kier molecular flexibility index (Phi) is 5.16. The highest BCUT2D eigenvalue weighted by Gasteiger charge is 2.08. The van der Waals surface area contributed by atoms with Crippen LogP contribution in [0.2, 0.25) is 0 Å². The molecule has 1 rings (SSSR count). The summed E-state index contributed by atoms with van der Waals surface area (Å²) in [6, 6.07) is 8.21. The number of hydroxylamine groups is 2. The Balaban J connectivity index is 2.59. The van der Waals surface area contributed by atoms with Crippen LogP contribution in [0.15, 0.2) is 24.3 Å². The summed E-state index contributed by atoms with van der Waals surface area (Å²) in [6.07, 6.45) is 1.46. The second kappa shape index (κ2) is 6.40. The van der Waals surface area contributed by atoms with E-state index in [4.69, 9.17) is 4.84 Å². The number of benzene rings is 1. The van der Waals surface area contributed by atoms with Crippen molar-refractivity contribution in [2.24, 2.45) is 5.92 Å². The number of rotatable bonds is 5. The normalized spacial score (nSPS) is 10.6. The van der Waals surface area contributed by atoms with Crippen molar-refractivity contribution in [3.8, 4) is 0 Å². The zero-order valence-corrected chi connectivity index (χ0v) is 11.1. The lowest BCUT2D eigenvalue weighted by molar-refractivity contribution is -0.167.